The molecule has 1 heterocycles. The molecule has 0 aliphatic carbocycles. The molecule has 0 fully saturated rings. The van der Waals surface area contributed by atoms with E-state index in [-0.39, 0.29) is 5.54 Å². The molecule has 1 atom stereocenters. The Morgan fingerprint density at radius 3 is 2.67 bits per heavy atom. The quantitative estimate of drug-likeness (QED) is 0.787. The van der Waals surface area contributed by atoms with Gasteiger partial charge in [-0.2, -0.15) is 0 Å². The van der Waals surface area contributed by atoms with Gasteiger partial charge in [-0.05, 0) is 25.5 Å². The van der Waals surface area contributed by atoms with Gasteiger partial charge < -0.3 is 10.1 Å². The van der Waals surface area contributed by atoms with E-state index >= 15 is 0 Å². The highest BCUT2D eigenvalue weighted by Crippen LogP contribution is 2.19. The van der Waals surface area contributed by atoms with E-state index in [4.69, 9.17) is 16.3 Å². The summed E-state index contributed by atoms with van der Waals surface area (Å²) >= 11 is 5.90. The van der Waals surface area contributed by atoms with Crippen LogP contribution in [0, 0.1) is 0 Å². The highest BCUT2D eigenvalue weighted by molar-refractivity contribution is 6.18. The van der Waals surface area contributed by atoms with E-state index in [1.165, 1.54) is 0 Å². The third kappa shape index (κ3) is 3.27. The topological polar surface area (TPSA) is 34.1 Å². The summed E-state index contributed by atoms with van der Waals surface area (Å²) in [6.07, 6.45) is 2.64. The summed E-state index contributed by atoms with van der Waals surface area (Å²) in [7, 11) is 1.62. The molecule has 1 N–H and O–H groups in total. The Bertz CT molecular complexity index is 296. The van der Waals surface area contributed by atoms with Gasteiger partial charge in [0, 0.05) is 11.4 Å². The van der Waals surface area contributed by atoms with Crippen molar-refractivity contribution in [3.05, 3.63) is 18.3 Å². The first-order valence-electron chi connectivity index (χ1n) is 4.98. The lowest BCUT2D eigenvalue weighted by molar-refractivity contribution is 0.413. The molecule has 3 nitrogen and oxygen atoms in total. The minimum atomic E-state index is -0.108. The predicted octanol–water partition coefficient (Wildman–Crippen LogP) is 2.91. The Balaban J connectivity index is 2.71. The number of aromatic nitrogens is 1. The summed E-state index contributed by atoms with van der Waals surface area (Å²) in [5.74, 6) is 2.13. The van der Waals surface area contributed by atoms with E-state index in [0.29, 0.717) is 5.88 Å². The van der Waals surface area contributed by atoms with Gasteiger partial charge in [-0.1, -0.05) is 6.92 Å². The van der Waals surface area contributed by atoms with E-state index in [1.54, 1.807) is 13.3 Å². The molecule has 0 aliphatic heterocycles. The Morgan fingerprint density at radius 1 is 1.53 bits per heavy atom. The van der Waals surface area contributed by atoms with E-state index in [1.807, 2.05) is 12.1 Å². The van der Waals surface area contributed by atoms with Crippen molar-refractivity contribution in [1.82, 2.24) is 4.98 Å². The molecule has 0 spiro atoms. The summed E-state index contributed by atoms with van der Waals surface area (Å²) < 4.78 is 5.04. The number of ether oxygens (including phenoxy) is 1. The van der Waals surface area contributed by atoms with Gasteiger partial charge in [-0.3, -0.25) is 0 Å². The highest BCUT2D eigenvalue weighted by atomic mass is 35.5. The normalized spacial score (nSPS) is 14.4. The minimum absolute atomic E-state index is 0.108. The van der Waals surface area contributed by atoms with Crippen molar-refractivity contribution < 1.29 is 4.74 Å². The molecule has 0 saturated heterocycles. The monoisotopic (exact) mass is 228 g/mol. The molecule has 1 unspecified atom stereocenters. The van der Waals surface area contributed by atoms with Crippen molar-refractivity contribution in [3.63, 3.8) is 0 Å². The summed E-state index contributed by atoms with van der Waals surface area (Å²) in [5.41, 5.74) is -0.108. The van der Waals surface area contributed by atoms with Gasteiger partial charge >= 0.3 is 0 Å². The average Bonchev–Trinajstić information content (AvgIpc) is 2.30. The molecule has 1 rings (SSSR count). The minimum Gasteiger partial charge on any atom is -0.495 e. The van der Waals surface area contributed by atoms with Crippen LogP contribution in [0.3, 0.4) is 0 Å². The molecule has 4 heteroatoms. The zero-order chi connectivity index (χ0) is 11.3. The standard InChI is InChI=1S/C11H17ClN2O/c1-4-11(2,8-12)14-10-6-5-9(15-3)7-13-10/h5-7H,4,8H2,1-3H3,(H,13,14). The SMILES string of the molecule is CCC(C)(CCl)Nc1ccc(OC)cn1. The zero-order valence-electron chi connectivity index (χ0n) is 9.38. The third-order valence-corrected chi connectivity index (χ3v) is 3.07. The van der Waals surface area contributed by atoms with Crippen LogP contribution in [0.5, 0.6) is 5.75 Å². The van der Waals surface area contributed by atoms with Crippen LogP contribution in [-0.2, 0) is 0 Å². The maximum atomic E-state index is 5.90. The van der Waals surface area contributed by atoms with E-state index < -0.39 is 0 Å². The number of pyridine rings is 1. The average molecular weight is 229 g/mol. The summed E-state index contributed by atoms with van der Waals surface area (Å²) in [4.78, 5) is 4.24. The van der Waals surface area contributed by atoms with Crippen molar-refractivity contribution >= 4 is 17.4 Å². The van der Waals surface area contributed by atoms with Crippen LogP contribution < -0.4 is 10.1 Å². The first kappa shape index (κ1) is 12.1. The molecular weight excluding hydrogens is 212 g/mol. The van der Waals surface area contributed by atoms with Crippen LogP contribution in [0.2, 0.25) is 0 Å². The lowest BCUT2D eigenvalue weighted by atomic mass is 10.0. The van der Waals surface area contributed by atoms with Gasteiger partial charge in [-0.25, -0.2) is 4.98 Å². The van der Waals surface area contributed by atoms with Gasteiger partial charge in [-0.15, -0.1) is 11.6 Å². The van der Waals surface area contributed by atoms with Crippen LogP contribution in [0.25, 0.3) is 0 Å². The number of alkyl halides is 1. The zero-order valence-corrected chi connectivity index (χ0v) is 10.1. The van der Waals surface area contributed by atoms with Gasteiger partial charge in [0.15, 0.2) is 0 Å². The van der Waals surface area contributed by atoms with Crippen molar-refractivity contribution in [2.45, 2.75) is 25.8 Å². The number of anilines is 1. The molecule has 84 valence electrons. The summed E-state index contributed by atoms with van der Waals surface area (Å²) in [6.45, 7) is 4.17. The Kier molecular flexibility index (Phi) is 4.21. The number of hydrogen-bond acceptors (Lipinski definition) is 3. The second kappa shape index (κ2) is 5.21. The van der Waals surface area contributed by atoms with Crippen molar-refractivity contribution in [2.75, 3.05) is 18.3 Å². The smallest absolute Gasteiger partial charge is 0.137 e. The van der Waals surface area contributed by atoms with E-state index in [2.05, 4.69) is 24.1 Å². The lowest BCUT2D eigenvalue weighted by Crippen LogP contribution is -2.36. The molecule has 0 amide bonds. The summed E-state index contributed by atoms with van der Waals surface area (Å²) in [6, 6.07) is 3.76. The third-order valence-electron chi connectivity index (χ3n) is 2.48. The molecule has 1 aromatic rings. The Morgan fingerprint density at radius 2 is 2.27 bits per heavy atom. The molecule has 15 heavy (non-hydrogen) atoms. The van der Waals surface area contributed by atoms with E-state index in [9.17, 15) is 0 Å². The fourth-order valence-electron chi connectivity index (χ4n) is 1.10. The maximum absolute atomic E-state index is 5.90. The maximum Gasteiger partial charge on any atom is 0.137 e. The second-order valence-electron chi connectivity index (χ2n) is 3.76. The van der Waals surface area contributed by atoms with Crippen LogP contribution >= 0.6 is 11.6 Å². The van der Waals surface area contributed by atoms with Crippen LogP contribution in [-0.4, -0.2) is 23.5 Å². The molecular formula is C11H17ClN2O. The van der Waals surface area contributed by atoms with Crippen molar-refractivity contribution in [3.8, 4) is 5.75 Å². The van der Waals surface area contributed by atoms with Crippen molar-refractivity contribution in [1.29, 1.82) is 0 Å². The molecule has 1 aromatic heterocycles. The molecule has 0 radical (unpaired) electrons. The number of rotatable bonds is 5. The molecule has 0 aromatic carbocycles. The lowest BCUT2D eigenvalue weighted by Gasteiger charge is -2.27. The first-order chi connectivity index (χ1) is 7.13. The van der Waals surface area contributed by atoms with Gasteiger partial charge in [0.1, 0.15) is 11.6 Å². The predicted molar refractivity (Wildman–Crippen MR) is 63.8 cm³/mol. The molecule has 0 bridgehead atoms. The number of nitrogens with zero attached hydrogens (tertiary/aromatic N) is 1. The number of halogens is 1. The van der Waals surface area contributed by atoms with Crippen LogP contribution in [0.1, 0.15) is 20.3 Å². The van der Waals surface area contributed by atoms with E-state index in [0.717, 1.165) is 18.0 Å². The van der Waals surface area contributed by atoms with Crippen LogP contribution in [0.15, 0.2) is 18.3 Å². The first-order valence-corrected chi connectivity index (χ1v) is 5.51. The van der Waals surface area contributed by atoms with Gasteiger partial charge in [0.25, 0.3) is 0 Å². The van der Waals surface area contributed by atoms with Crippen LogP contribution in [0.4, 0.5) is 5.82 Å². The Hall–Kier alpha value is -0.960. The number of nitrogens with one attached hydrogen (secondary N) is 1. The largest absolute Gasteiger partial charge is 0.495 e. The summed E-state index contributed by atoms with van der Waals surface area (Å²) in [5, 5.41) is 3.31. The molecule has 0 saturated carbocycles. The Labute approximate surface area is 95.8 Å². The fraction of sp³-hybridized carbons (Fsp3) is 0.545. The van der Waals surface area contributed by atoms with Gasteiger partial charge in [0.2, 0.25) is 0 Å². The van der Waals surface area contributed by atoms with Crippen molar-refractivity contribution in [2.24, 2.45) is 0 Å². The molecule has 0 aliphatic rings. The fourth-order valence-corrected chi connectivity index (χ4v) is 1.36. The number of methoxy groups -OCH3 is 1. The second-order valence-corrected chi connectivity index (χ2v) is 4.02. The highest BCUT2D eigenvalue weighted by Gasteiger charge is 2.20. The van der Waals surface area contributed by atoms with Gasteiger partial charge in [0.05, 0.1) is 13.3 Å². The number of hydrogen-bond donors (Lipinski definition) is 1.